The first kappa shape index (κ1) is 14.4. The van der Waals surface area contributed by atoms with Gasteiger partial charge < -0.3 is 15.0 Å². The molecular weight excluding hydrogens is 236 g/mol. The zero-order valence-electron chi connectivity index (χ0n) is 12.8. The van der Waals surface area contributed by atoms with Gasteiger partial charge in [0.1, 0.15) is 5.75 Å². The summed E-state index contributed by atoms with van der Waals surface area (Å²) < 4.78 is 5.40. The van der Waals surface area contributed by atoms with E-state index in [4.69, 9.17) is 4.74 Å². The molecule has 1 saturated carbocycles. The van der Waals surface area contributed by atoms with Crippen molar-refractivity contribution < 1.29 is 4.74 Å². The molecule has 0 spiro atoms. The molecule has 0 saturated heterocycles. The Labute approximate surface area is 116 Å². The average Bonchev–Trinajstić information content (AvgIpc) is 3.18. The number of hydrogen-bond donors (Lipinski definition) is 1. The third-order valence-corrected chi connectivity index (χ3v) is 4.16. The Morgan fingerprint density at radius 3 is 2.47 bits per heavy atom. The summed E-state index contributed by atoms with van der Waals surface area (Å²) in [6.45, 7) is 5.35. The first-order chi connectivity index (χ1) is 9.04. The van der Waals surface area contributed by atoms with Gasteiger partial charge in [0.15, 0.2) is 0 Å². The highest BCUT2D eigenvalue weighted by Crippen LogP contribution is 2.30. The lowest BCUT2D eigenvalue weighted by atomic mass is 9.96. The Morgan fingerprint density at radius 1 is 1.26 bits per heavy atom. The first-order valence-electron chi connectivity index (χ1n) is 7.08. The lowest BCUT2D eigenvalue weighted by Crippen LogP contribution is -2.32. The molecule has 0 aromatic heterocycles. The van der Waals surface area contributed by atoms with Crippen molar-refractivity contribution in [1.82, 2.24) is 10.2 Å². The van der Waals surface area contributed by atoms with E-state index in [1.54, 1.807) is 7.11 Å². The highest BCUT2D eigenvalue weighted by Gasteiger charge is 2.24. The van der Waals surface area contributed by atoms with Gasteiger partial charge in [0, 0.05) is 18.6 Å². The van der Waals surface area contributed by atoms with Crippen LogP contribution in [-0.2, 0) is 0 Å². The fourth-order valence-corrected chi connectivity index (χ4v) is 2.54. The molecule has 0 amide bonds. The molecule has 1 N–H and O–H groups in total. The summed E-state index contributed by atoms with van der Waals surface area (Å²) in [7, 11) is 6.04. The van der Waals surface area contributed by atoms with E-state index in [9.17, 15) is 0 Å². The average molecular weight is 262 g/mol. The second-order valence-corrected chi connectivity index (χ2v) is 5.77. The van der Waals surface area contributed by atoms with Crippen LogP contribution in [0.4, 0.5) is 0 Å². The molecule has 0 bridgehead atoms. The monoisotopic (exact) mass is 262 g/mol. The van der Waals surface area contributed by atoms with Gasteiger partial charge in [-0.1, -0.05) is 6.07 Å². The molecule has 1 aliphatic carbocycles. The number of methoxy groups -OCH3 is 1. The van der Waals surface area contributed by atoms with Crippen molar-refractivity contribution in [3.05, 3.63) is 28.8 Å². The van der Waals surface area contributed by atoms with Gasteiger partial charge in [-0.25, -0.2) is 0 Å². The number of benzene rings is 1. The van der Waals surface area contributed by atoms with E-state index in [0.29, 0.717) is 6.04 Å². The van der Waals surface area contributed by atoms with Gasteiger partial charge in [-0.2, -0.15) is 0 Å². The second kappa shape index (κ2) is 5.93. The van der Waals surface area contributed by atoms with E-state index in [0.717, 1.165) is 18.3 Å². The van der Waals surface area contributed by atoms with Crippen LogP contribution in [0.1, 0.15) is 35.6 Å². The number of ether oxygens (including phenoxy) is 1. The third-order valence-electron chi connectivity index (χ3n) is 4.16. The second-order valence-electron chi connectivity index (χ2n) is 5.77. The van der Waals surface area contributed by atoms with E-state index in [1.165, 1.54) is 29.5 Å². The zero-order valence-corrected chi connectivity index (χ0v) is 12.8. The van der Waals surface area contributed by atoms with E-state index in [2.05, 4.69) is 50.3 Å². The molecule has 0 radical (unpaired) electrons. The minimum atomic E-state index is 0.421. The van der Waals surface area contributed by atoms with Gasteiger partial charge in [-0.05, 0) is 63.5 Å². The number of nitrogens with one attached hydrogen (secondary N) is 1. The summed E-state index contributed by atoms with van der Waals surface area (Å²) in [5.74, 6) is 0.980. The minimum absolute atomic E-state index is 0.421. The van der Waals surface area contributed by atoms with E-state index >= 15 is 0 Å². The standard InChI is InChI=1S/C16H26N2O/c1-11-12(2)16(19-5)9-8-14(11)15(18(3)4)10-17-13-6-7-13/h8-9,13,15,17H,6-7,10H2,1-5H3. The van der Waals surface area contributed by atoms with Crippen molar-refractivity contribution in [2.45, 2.75) is 38.8 Å². The Balaban J connectivity index is 2.22. The van der Waals surface area contributed by atoms with E-state index in [-0.39, 0.29) is 0 Å². The van der Waals surface area contributed by atoms with Crippen LogP contribution in [-0.4, -0.2) is 38.7 Å². The summed E-state index contributed by atoms with van der Waals surface area (Å²) in [6.07, 6.45) is 2.67. The summed E-state index contributed by atoms with van der Waals surface area (Å²) in [6, 6.07) is 5.47. The topological polar surface area (TPSA) is 24.5 Å². The normalized spacial score (nSPS) is 16.7. The van der Waals surface area contributed by atoms with Crippen LogP contribution in [0.25, 0.3) is 0 Å². The van der Waals surface area contributed by atoms with Crippen molar-refractivity contribution >= 4 is 0 Å². The molecular formula is C16H26N2O. The van der Waals surface area contributed by atoms with Crippen molar-refractivity contribution in [3.8, 4) is 5.75 Å². The molecule has 3 nitrogen and oxygen atoms in total. The van der Waals surface area contributed by atoms with Crippen LogP contribution in [0.3, 0.4) is 0 Å². The number of hydrogen-bond acceptors (Lipinski definition) is 3. The van der Waals surface area contributed by atoms with Crippen LogP contribution in [0, 0.1) is 13.8 Å². The fourth-order valence-electron chi connectivity index (χ4n) is 2.54. The van der Waals surface area contributed by atoms with Crippen molar-refractivity contribution in [1.29, 1.82) is 0 Å². The minimum Gasteiger partial charge on any atom is -0.496 e. The molecule has 106 valence electrons. The van der Waals surface area contributed by atoms with Gasteiger partial charge in [0.2, 0.25) is 0 Å². The first-order valence-corrected chi connectivity index (χ1v) is 7.08. The summed E-state index contributed by atoms with van der Waals surface area (Å²) >= 11 is 0. The predicted molar refractivity (Wildman–Crippen MR) is 79.9 cm³/mol. The van der Waals surface area contributed by atoms with Crippen molar-refractivity contribution in [2.24, 2.45) is 0 Å². The summed E-state index contributed by atoms with van der Waals surface area (Å²) in [5, 5.41) is 3.64. The van der Waals surface area contributed by atoms with Gasteiger partial charge in [-0.3, -0.25) is 0 Å². The molecule has 1 unspecified atom stereocenters. The van der Waals surface area contributed by atoms with Crippen LogP contribution in [0.2, 0.25) is 0 Å². The maximum Gasteiger partial charge on any atom is 0.122 e. The molecule has 1 aliphatic rings. The fraction of sp³-hybridized carbons (Fsp3) is 0.625. The van der Waals surface area contributed by atoms with Crippen molar-refractivity contribution in [3.63, 3.8) is 0 Å². The molecule has 19 heavy (non-hydrogen) atoms. The molecule has 0 heterocycles. The predicted octanol–water partition coefficient (Wildman–Crippen LogP) is 2.67. The molecule has 1 aromatic rings. The highest BCUT2D eigenvalue weighted by molar-refractivity contribution is 5.44. The Morgan fingerprint density at radius 2 is 1.95 bits per heavy atom. The Kier molecular flexibility index (Phi) is 4.48. The lowest BCUT2D eigenvalue weighted by molar-refractivity contribution is 0.287. The number of likely N-dealkylation sites (N-methyl/N-ethyl adjacent to an activating group) is 1. The lowest BCUT2D eigenvalue weighted by Gasteiger charge is -2.28. The summed E-state index contributed by atoms with van der Waals surface area (Å²) in [4.78, 5) is 2.30. The van der Waals surface area contributed by atoms with Crippen molar-refractivity contribution in [2.75, 3.05) is 27.7 Å². The molecule has 3 heteroatoms. The smallest absolute Gasteiger partial charge is 0.122 e. The van der Waals surface area contributed by atoms with Gasteiger partial charge >= 0.3 is 0 Å². The quantitative estimate of drug-likeness (QED) is 0.853. The molecule has 0 aliphatic heterocycles. The largest absolute Gasteiger partial charge is 0.496 e. The maximum absolute atomic E-state index is 5.40. The van der Waals surface area contributed by atoms with Gasteiger partial charge in [0.25, 0.3) is 0 Å². The number of nitrogens with zero attached hydrogens (tertiary/aromatic N) is 1. The van der Waals surface area contributed by atoms with Crippen LogP contribution >= 0.6 is 0 Å². The van der Waals surface area contributed by atoms with Gasteiger partial charge in [-0.15, -0.1) is 0 Å². The molecule has 2 rings (SSSR count). The third kappa shape index (κ3) is 3.28. The zero-order chi connectivity index (χ0) is 14.0. The molecule has 1 aromatic carbocycles. The SMILES string of the molecule is COc1ccc(C(CNC2CC2)N(C)C)c(C)c1C. The van der Waals surface area contributed by atoms with E-state index < -0.39 is 0 Å². The highest BCUT2D eigenvalue weighted by atomic mass is 16.5. The van der Waals surface area contributed by atoms with Gasteiger partial charge in [0.05, 0.1) is 7.11 Å². The Bertz CT molecular complexity index is 439. The summed E-state index contributed by atoms with van der Waals surface area (Å²) in [5.41, 5.74) is 3.99. The van der Waals surface area contributed by atoms with Crippen LogP contribution in [0.5, 0.6) is 5.75 Å². The Hall–Kier alpha value is -1.06. The van der Waals surface area contributed by atoms with Crippen LogP contribution < -0.4 is 10.1 Å². The van der Waals surface area contributed by atoms with Crippen LogP contribution in [0.15, 0.2) is 12.1 Å². The molecule has 1 fully saturated rings. The molecule has 1 atom stereocenters. The van der Waals surface area contributed by atoms with E-state index in [1.807, 2.05) is 0 Å². The number of rotatable bonds is 6. The maximum atomic E-state index is 5.40.